The van der Waals surface area contributed by atoms with Crippen LogP contribution < -0.4 is 0 Å². The number of aliphatic hydroxyl groups excluding tert-OH is 2. The average molecular weight is 448 g/mol. The second kappa shape index (κ2) is 9.24. The summed E-state index contributed by atoms with van der Waals surface area (Å²) in [6.07, 6.45) is -6.09. The number of nitro benzene ring substituents is 2. The van der Waals surface area contributed by atoms with Crippen molar-refractivity contribution in [2.75, 3.05) is 13.2 Å². The molecule has 0 amide bonds. The van der Waals surface area contributed by atoms with Gasteiger partial charge in [-0.05, 0) is 0 Å². The highest BCUT2D eigenvalue weighted by Crippen LogP contribution is 2.37. The van der Waals surface area contributed by atoms with Crippen LogP contribution in [0.1, 0.15) is 23.7 Å². The fourth-order valence-corrected chi connectivity index (χ4v) is 3.66. The highest BCUT2D eigenvalue weighted by atomic mass is 16.8. The lowest BCUT2D eigenvalue weighted by atomic mass is 10.0. The Morgan fingerprint density at radius 2 is 1.50 bits per heavy atom. The number of hydrogen-bond donors (Lipinski definition) is 2. The first-order valence-corrected chi connectivity index (χ1v) is 9.73. The third-order valence-electron chi connectivity index (χ3n) is 5.26. The topological polar surface area (TPSA) is 164 Å². The van der Waals surface area contributed by atoms with E-state index in [1.165, 1.54) is 36.4 Å². The van der Waals surface area contributed by atoms with E-state index < -0.39 is 53.4 Å². The Hall–Kier alpha value is -3.00. The maximum Gasteiger partial charge on any atom is 0.269 e. The predicted octanol–water partition coefficient (Wildman–Crippen LogP) is 1.75. The number of rotatable bonds is 6. The summed E-state index contributed by atoms with van der Waals surface area (Å²) in [4.78, 5) is 21.0. The summed E-state index contributed by atoms with van der Waals surface area (Å²) in [6, 6.07) is 11.4. The molecule has 0 spiro atoms. The molecule has 2 aliphatic heterocycles. The second-order valence-electron chi connectivity index (χ2n) is 7.32. The van der Waals surface area contributed by atoms with Gasteiger partial charge >= 0.3 is 0 Å². The average Bonchev–Trinajstić information content (AvgIpc) is 3.29. The summed E-state index contributed by atoms with van der Waals surface area (Å²) in [7, 11) is 0. The molecule has 2 unspecified atom stereocenters. The largest absolute Gasteiger partial charge is 0.394 e. The zero-order valence-corrected chi connectivity index (χ0v) is 16.6. The van der Waals surface area contributed by atoms with Gasteiger partial charge in [0.05, 0.1) is 23.1 Å². The van der Waals surface area contributed by atoms with Gasteiger partial charge in [-0.2, -0.15) is 0 Å². The van der Waals surface area contributed by atoms with Crippen LogP contribution in [0.15, 0.2) is 48.5 Å². The summed E-state index contributed by atoms with van der Waals surface area (Å²) in [5.41, 5.74) is 0.483. The highest BCUT2D eigenvalue weighted by molar-refractivity contribution is 5.36. The summed E-state index contributed by atoms with van der Waals surface area (Å²) < 4.78 is 22.9. The zero-order valence-electron chi connectivity index (χ0n) is 16.6. The van der Waals surface area contributed by atoms with Crippen LogP contribution in [0.25, 0.3) is 0 Å². The summed E-state index contributed by atoms with van der Waals surface area (Å²) in [5.74, 6) is 0. The fraction of sp³-hybridized carbons (Fsp3) is 0.400. The third-order valence-corrected chi connectivity index (χ3v) is 5.26. The van der Waals surface area contributed by atoms with Crippen molar-refractivity contribution >= 4 is 11.4 Å². The van der Waals surface area contributed by atoms with E-state index in [0.29, 0.717) is 11.1 Å². The second-order valence-corrected chi connectivity index (χ2v) is 7.32. The van der Waals surface area contributed by atoms with E-state index in [2.05, 4.69) is 0 Å². The van der Waals surface area contributed by atoms with Crippen LogP contribution in [-0.4, -0.2) is 57.7 Å². The monoisotopic (exact) mass is 448 g/mol. The lowest BCUT2D eigenvalue weighted by Crippen LogP contribution is -2.54. The van der Waals surface area contributed by atoms with Crippen LogP contribution in [0.3, 0.4) is 0 Å². The van der Waals surface area contributed by atoms with E-state index >= 15 is 0 Å². The van der Waals surface area contributed by atoms with Gasteiger partial charge in [-0.3, -0.25) is 20.2 Å². The van der Waals surface area contributed by atoms with Crippen LogP contribution in [0.5, 0.6) is 0 Å². The normalized spacial score (nSPS) is 30.2. The van der Waals surface area contributed by atoms with E-state index in [1.54, 1.807) is 12.1 Å². The summed E-state index contributed by atoms with van der Waals surface area (Å²) in [6.45, 7) is -0.511. The number of non-ortho nitro benzene ring substituents is 2. The molecular weight excluding hydrogens is 428 g/mol. The van der Waals surface area contributed by atoms with Gasteiger partial charge in [0.15, 0.2) is 12.6 Å². The minimum absolute atomic E-state index is 0.00882. The van der Waals surface area contributed by atoms with Crippen molar-refractivity contribution in [1.29, 1.82) is 0 Å². The standard InChI is InChI=1S/C20H20N2O10/c23-9-15-17(24)18(32-20(30-15)12-4-2-6-14(8-12)22(27)28)16-10-29-19(31-16)11-3-1-5-13(7-11)21(25)26/h1-8,15-20,23-24H,9-10H2/t15-,16+,17+,18+,19?,20?/m1/s1. The van der Waals surface area contributed by atoms with Gasteiger partial charge in [-0.25, -0.2) is 0 Å². The Labute approximate surface area is 181 Å². The molecule has 170 valence electrons. The zero-order chi connectivity index (χ0) is 22.8. The van der Waals surface area contributed by atoms with Gasteiger partial charge < -0.3 is 29.2 Å². The van der Waals surface area contributed by atoms with Crippen molar-refractivity contribution in [2.45, 2.75) is 37.0 Å². The smallest absolute Gasteiger partial charge is 0.269 e. The van der Waals surface area contributed by atoms with Gasteiger partial charge in [0, 0.05) is 35.4 Å². The number of hydrogen-bond acceptors (Lipinski definition) is 10. The molecule has 2 fully saturated rings. The van der Waals surface area contributed by atoms with Crippen LogP contribution in [0.4, 0.5) is 11.4 Å². The molecular formula is C20H20N2O10. The Bertz CT molecular complexity index is 1000. The SMILES string of the molecule is O=[N+]([O-])c1cccc(C2OC[C@@H]([C@@H]3OC(c4cccc([N+](=O)[O-])c4)O[C@H](CO)[C@@H]3O)O2)c1. The van der Waals surface area contributed by atoms with Crippen molar-refractivity contribution < 1.29 is 39.0 Å². The minimum atomic E-state index is -1.27. The first kappa shape index (κ1) is 22.2. The van der Waals surface area contributed by atoms with E-state index in [0.717, 1.165) is 0 Å². The van der Waals surface area contributed by atoms with Gasteiger partial charge in [0.2, 0.25) is 0 Å². The Kier molecular flexibility index (Phi) is 6.41. The molecule has 2 N–H and O–H groups in total. The molecule has 0 radical (unpaired) electrons. The molecule has 12 nitrogen and oxygen atoms in total. The molecule has 32 heavy (non-hydrogen) atoms. The number of ether oxygens (including phenoxy) is 4. The van der Waals surface area contributed by atoms with E-state index in [-0.39, 0.29) is 18.0 Å². The number of nitro groups is 2. The van der Waals surface area contributed by atoms with Crippen molar-refractivity contribution in [1.82, 2.24) is 0 Å². The van der Waals surface area contributed by atoms with Crippen LogP contribution >= 0.6 is 0 Å². The maximum atomic E-state index is 11.1. The first-order chi connectivity index (χ1) is 15.4. The van der Waals surface area contributed by atoms with Crippen molar-refractivity contribution in [3.05, 3.63) is 79.9 Å². The maximum absolute atomic E-state index is 11.1. The third kappa shape index (κ3) is 4.46. The lowest BCUT2D eigenvalue weighted by Gasteiger charge is -2.40. The molecule has 6 atom stereocenters. The van der Waals surface area contributed by atoms with Crippen molar-refractivity contribution in [2.24, 2.45) is 0 Å². The Morgan fingerprint density at radius 3 is 2.06 bits per heavy atom. The first-order valence-electron chi connectivity index (χ1n) is 9.73. The molecule has 0 bridgehead atoms. The molecule has 12 heteroatoms. The summed E-state index contributed by atoms with van der Waals surface area (Å²) in [5, 5.41) is 42.4. The number of benzene rings is 2. The van der Waals surface area contributed by atoms with Gasteiger partial charge in [0.25, 0.3) is 11.4 Å². The van der Waals surface area contributed by atoms with Crippen LogP contribution in [0, 0.1) is 20.2 Å². The molecule has 2 aromatic carbocycles. The minimum Gasteiger partial charge on any atom is -0.394 e. The van der Waals surface area contributed by atoms with Crippen LogP contribution in [-0.2, 0) is 18.9 Å². The van der Waals surface area contributed by atoms with Gasteiger partial charge in [-0.15, -0.1) is 0 Å². The van der Waals surface area contributed by atoms with Crippen LogP contribution in [0.2, 0.25) is 0 Å². The van der Waals surface area contributed by atoms with Crippen molar-refractivity contribution in [3.63, 3.8) is 0 Å². The van der Waals surface area contributed by atoms with E-state index in [9.17, 15) is 30.4 Å². The molecule has 2 aliphatic rings. The molecule has 0 aliphatic carbocycles. The Balaban J connectivity index is 1.53. The van der Waals surface area contributed by atoms with Gasteiger partial charge in [0.1, 0.15) is 24.4 Å². The van der Waals surface area contributed by atoms with E-state index in [1.807, 2.05) is 0 Å². The number of nitrogens with zero attached hydrogens (tertiary/aromatic N) is 2. The molecule has 2 aromatic rings. The molecule has 4 rings (SSSR count). The fourth-order valence-electron chi connectivity index (χ4n) is 3.66. The summed E-state index contributed by atoms with van der Waals surface area (Å²) >= 11 is 0. The molecule has 2 saturated heterocycles. The molecule has 2 heterocycles. The predicted molar refractivity (Wildman–Crippen MR) is 105 cm³/mol. The quantitative estimate of drug-likeness (QED) is 0.491. The van der Waals surface area contributed by atoms with E-state index in [4.69, 9.17) is 18.9 Å². The number of aliphatic hydroxyl groups is 2. The van der Waals surface area contributed by atoms with Crippen molar-refractivity contribution in [3.8, 4) is 0 Å². The molecule has 0 saturated carbocycles. The highest BCUT2D eigenvalue weighted by Gasteiger charge is 2.46. The molecule has 0 aromatic heterocycles. The Morgan fingerprint density at radius 1 is 0.906 bits per heavy atom. The van der Waals surface area contributed by atoms with Gasteiger partial charge in [-0.1, -0.05) is 24.3 Å². The lowest BCUT2D eigenvalue weighted by molar-refractivity contribution is -0.385.